The topological polar surface area (TPSA) is 110 Å². The molecule has 0 bridgehead atoms. The number of amides is 1. The highest BCUT2D eigenvalue weighted by Gasteiger charge is 2.20. The van der Waals surface area contributed by atoms with Crippen LogP contribution in [0.1, 0.15) is 6.92 Å². The van der Waals surface area contributed by atoms with Crippen molar-refractivity contribution in [3.8, 4) is 5.82 Å². The number of hydrogen-bond acceptors (Lipinski definition) is 5. The summed E-state index contributed by atoms with van der Waals surface area (Å²) >= 11 is 0. The summed E-state index contributed by atoms with van der Waals surface area (Å²) in [4.78, 5) is 30.0. The van der Waals surface area contributed by atoms with Crippen molar-refractivity contribution in [2.45, 2.75) is 6.92 Å². The molecule has 19 heavy (non-hydrogen) atoms. The van der Waals surface area contributed by atoms with Crippen LogP contribution in [-0.4, -0.2) is 36.7 Å². The quantitative estimate of drug-likeness (QED) is 0.767. The number of carbonyl (C=O) groups is 2. The first kappa shape index (κ1) is 12.7. The number of carboxylic acids is 1. The van der Waals surface area contributed by atoms with E-state index in [-0.39, 0.29) is 0 Å². The third-order valence-electron chi connectivity index (χ3n) is 2.43. The van der Waals surface area contributed by atoms with Crippen molar-refractivity contribution in [2.24, 2.45) is 5.92 Å². The third-order valence-corrected chi connectivity index (χ3v) is 2.43. The van der Waals surface area contributed by atoms with E-state index in [0.29, 0.717) is 11.5 Å². The number of rotatable bonds is 4. The maximum atomic E-state index is 11.5. The van der Waals surface area contributed by atoms with Gasteiger partial charge >= 0.3 is 5.97 Å². The van der Waals surface area contributed by atoms with Gasteiger partial charge in [-0.3, -0.25) is 9.59 Å². The number of anilines is 1. The molecule has 0 fully saturated rings. The van der Waals surface area contributed by atoms with Crippen LogP contribution in [0.5, 0.6) is 0 Å². The molecule has 0 aromatic carbocycles. The number of pyridine rings is 1. The molecule has 98 valence electrons. The largest absolute Gasteiger partial charge is 0.481 e. The molecule has 1 atom stereocenters. The van der Waals surface area contributed by atoms with Crippen molar-refractivity contribution in [1.29, 1.82) is 0 Å². The smallest absolute Gasteiger partial charge is 0.315 e. The average molecular weight is 261 g/mol. The highest BCUT2D eigenvalue weighted by Crippen LogP contribution is 2.10. The van der Waals surface area contributed by atoms with Gasteiger partial charge < -0.3 is 10.4 Å². The Morgan fingerprint density at radius 3 is 2.74 bits per heavy atom. The van der Waals surface area contributed by atoms with E-state index in [0.717, 1.165) is 0 Å². The van der Waals surface area contributed by atoms with Gasteiger partial charge in [0, 0.05) is 0 Å². The highest BCUT2D eigenvalue weighted by molar-refractivity contribution is 6.03. The number of nitrogens with one attached hydrogen (secondary N) is 1. The Labute approximate surface area is 108 Å². The number of aromatic nitrogens is 4. The number of hydrogen-bond donors (Lipinski definition) is 2. The highest BCUT2D eigenvalue weighted by atomic mass is 16.4. The van der Waals surface area contributed by atoms with Gasteiger partial charge in [0.15, 0.2) is 5.82 Å². The van der Waals surface area contributed by atoms with Gasteiger partial charge in [-0.05, 0) is 19.1 Å². The molecule has 1 unspecified atom stereocenters. The molecule has 8 heteroatoms. The van der Waals surface area contributed by atoms with Gasteiger partial charge in [-0.25, -0.2) is 14.6 Å². The first-order valence-electron chi connectivity index (χ1n) is 5.42. The second kappa shape index (κ2) is 5.25. The lowest BCUT2D eigenvalue weighted by molar-refractivity contribution is -0.144. The monoisotopic (exact) mass is 261 g/mol. The molecule has 2 aromatic heterocycles. The summed E-state index contributed by atoms with van der Waals surface area (Å²) in [5.41, 5.74) is 0.418. The third kappa shape index (κ3) is 2.92. The van der Waals surface area contributed by atoms with Crippen LogP contribution >= 0.6 is 0 Å². The summed E-state index contributed by atoms with van der Waals surface area (Å²) in [7, 11) is 0. The maximum Gasteiger partial charge on any atom is 0.315 e. The molecule has 1 amide bonds. The van der Waals surface area contributed by atoms with E-state index in [1.807, 2.05) is 0 Å². The van der Waals surface area contributed by atoms with Crippen LogP contribution in [0, 0.1) is 5.92 Å². The molecule has 2 heterocycles. The van der Waals surface area contributed by atoms with Crippen molar-refractivity contribution in [2.75, 3.05) is 5.32 Å². The molecule has 0 spiro atoms. The Morgan fingerprint density at radius 2 is 2.21 bits per heavy atom. The summed E-state index contributed by atoms with van der Waals surface area (Å²) in [6.07, 6.45) is 4.29. The van der Waals surface area contributed by atoms with Crippen LogP contribution in [0.4, 0.5) is 5.69 Å². The second-order valence-corrected chi connectivity index (χ2v) is 3.79. The first-order valence-corrected chi connectivity index (χ1v) is 5.42. The zero-order valence-electron chi connectivity index (χ0n) is 10.0. The molecular weight excluding hydrogens is 250 g/mol. The van der Waals surface area contributed by atoms with E-state index in [1.54, 1.807) is 12.1 Å². The van der Waals surface area contributed by atoms with Crippen LogP contribution in [-0.2, 0) is 9.59 Å². The molecule has 0 aliphatic rings. The lowest BCUT2D eigenvalue weighted by Crippen LogP contribution is -2.26. The minimum Gasteiger partial charge on any atom is -0.481 e. The van der Waals surface area contributed by atoms with Gasteiger partial charge in [-0.1, -0.05) is 0 Å². The fraction of sp³-hybridized carbons (Fsp3) is 0.182. The maximum absolute atomic E-state index is 11.5. The van der Waals surface area contributed by atoms with Gasteiger partial charge in [-0.2, -0.15) is 5.10 Å². The minimum absolute atomic E-state index is 0.418. The number of aliphatic carboxylic acids is 1. The Kier molecular flexibility index (Phi) is 3.51. The molecule has 0 aliphatic carbocycles. The fourth-order valence-corrected chi connectivity index (χ4v) is 1.28. The molecule has 2 rings (SSSR count). The van der Waals surface area contributed by atoms with Crippen LogP contribution < -0.4 is 5.32 Å². The second-order valence-electron chi connectivity index (χ2n) is 3.79. The van der Waals surface area contributed by atoms with Crippen molar-refractivity contribution in [1.82, 2.24) is 19.7 Å². The molecule has 8 nitrogen and oxygen atoms in total. The normalized spacial score (nSPS) is 11.8. The van der Waals surface area contributed by atoms with Gasteiger partial charge in [-0.15, -0.1) is 0 Å². The predicted molar refractivity (Wildman–Crippen MR) is 64.6 cm³/mol. The van der Waals surface area contributed by atoms with Crippen LogP contribution in [0.2, 0.25) is 0 Å². The summed E-state index contributed by atoms with van der Waals surface area (Å²) in [6.45, 7) is 1.31. The van der Waals surface area contributed by atoms with Gasteiger partial charge in [0.2, 0.25) is 5.91 Å². The van der Waals surface area contributed by atoms with Crippen molar-refractivity contribution in [3.63, 3.8) is 0 Å². The van der Waals surface area contributed by atoms with Crippen LogP contribution in [0.25, 0.3) is 5.82 Å². The van der Waals surface area contributed by atoms with Crippen LogP contribution in [0.15, 0.2) is 31.0 Å². The first-order chi connectivity index (χ1) is 9.08. The van der Waals surface area contributed by atoms with E-state index >= 15 is 0 Å². The summed E-state index contributed by atoms with van der Waals surface area (Å²) in [5.74, 6) is -2.34. The Morgan fingerprint density at radius 1 is 1.42 bits per heavy atom. The molecule has 0 saturated carbocycles. The fourth-order valence-electron chi connectivity index (χ4n) is 1.28. The van der Waals surface area contributed by atoms with E-state index in [2.05, 4.69) is 20.4 Å². The predicted octanol–water partition coefficient (Wildman–Crippen LogP) is 0.321. The van der Waals surface area contributed by atoms with E-state index in [9.17, 15) is 9.59 Å². The van der Waals surface area contributed by atoms with Crippen LogP contribution in [0.3, 0.4) is 0 Å². The van der Waals surface area contributed by atoms with Crippen molar-refractivity contribution >= 4 is 17.6 Å². The summed E-state index contributed by atoms with van der Waals surface area (Å²) in [6, 6.07) is 3.24. The average Bonchev–Trinajstić information content (AvgIpc) is 2.92. The standard InChI is InChI=1S/C11H11N5O3/c1-7(11(18)19)10(17)15-8-2-3-9(13-4-8)16-6-12-5-14-16/h2-7H,1H3,(H,15,17)(H,18,19). The van der Waals surface area contributed by atoms with Gasteiger partial charge in [0.05, 0.1) is 11.9 Å². The lowest BCUT2D eigenvalue weighted by atomic mass is 10.1. The Hall–Kier alpha value is -2.77. The van der Waals surface area contributed by atoms with E-state index in [1.165, 1.54) is 30.5 Å². The number of carbonyl (C=O) groups excluding carboxylic acids is 1. The summed E-state index contributed by atoms with van der Waals surface area (Å²) in [5, 5.41) is 15.1. The molecule has 2 N–H and O–H groups in total. The Bertz CT molecular complexity index is 579. The molecule has 0 radical (unpaired) electrons. The molecular formula is C11H11N5O3. The van der Waals surface area contributed by atoms with Crippen molar-refractivity contribution < 1.29 is 14.7 Å². The minimum atomic E-state index is -1.18. The number of carboxylic acid groups (broad SMARTS) is 1. The lowest BCUT2D eigenvalue weighted by Gasteiger charge is -2.08. The molecule has 0 aliphatic heterocycles. The SMILES string of the molecule is CC(C(=O)O)C(=O)Nc1ccc(-n2cncn2)nc1. The van der Waals surface area contributed by atoms with Gasteiger partial charge in [0.1, 0.15) is 18.6 Å². The van der Waals surface area contributed by atoms with E-state index < -0.39 is 17.8 Å². The summed E-state index contributed by atoms with van der Waals surface area (Å²) < 4.78 is 1.46. The number of nitrogens with zero attached hydrogens (tertiary/aromatic N) is 4. The van der Waals surface area contributed by atoms with Gasteiger partial charge in [0.25, 0.3) is 0 Å². The molecule has 2 aromatic rings. The zero-order valence-corrected chi connectivity index (χ0v) is 10.0. The van der Waals surface area contributed by atoms with Crippen molar-refractivity contribution in [3.05, 3.63) is 31.0 Å². The Balaban J connectivity index is 2.07. The zero-order chi connectivity index (χ0) is 13.8. The molecule has 0 saturated heterocycles. The van der Waals surface area contributed by atoms with E-state index in [4.69, 9.17) is 5.11 Å².